The number of H-pyrrole nitrogens is 1. The van der Waals surface area contributed by atoms with Gasteiger partial charge in [0.25, 0.3) is 0 Å². The van der Waals surface area contributed by atoms with E-state index in [1.54, 1.807) is 0 Å². The van der Waals surface area contributed by atoms with Gasteiger partial charge < -0.3 is 9.72 Å². The van der Waals surface area contributed by atoms with Crippen LogP contribution in [0.3, 0.4) is 0 Å². The summed E-state index contributed by atoms with van der Waals surface area (Å²) in [5.74, 6) is 0.875. The second kappa shape index (κ2) is 5.83. The monoisotopic (exact) mass is 278 g/mol. The Labute approximate surface area is 124 Å². The van der Waals surface area contributed by atoms with Gasteiger partial charge in [-0.15, -0.1) is 0 Å². The molecule has 0 aliphatic carbocycles. The van der Waals surface area contributed by atoms with Crippen molar-refractivity contribution in [2.24, 2.45) is 4.99 Å². The molecule has 0 aliphatic heterocycles. The van der Waals surface area contributed by atoms with Gasteiger partial charge in [0.2, 0.25) is 0 Å². The molecular weight excluding hydrogens is 260 g/mol. The van der Waals surface area contributed by atoms with Crippen LogP contribution in [0.2, 0.25) is 0 Å². The van der Waals surface area contributed by atoms with Crippen LogP contribution in [0.4, 0.5) is 5.69 Å². The van der Waals surface area contributed by atoms with Crippen LogP contribution in [0.1, 0.15) is 18.2 Å². The Kier molecular flexibility index (Phi) is 3.73. The van der Waals surface area contributed by atoms with Gasteiger partial charge in [-0.1, -0.05) is 18.2 Å². The summed E-state index contributed by atoms with van der Waals surface area (Å²) >= 11 is 0. The maximum Gasteiger partial charge on any atom is 0.119 e. The van der Waals surface area contributed by atoms with Crippen LogP contribution in [-0.4, -0.2) is 17.8 Å². The highest BCUT2D eigenvalue weighted by atomic mass is 16.5. The Morgan fingerprint density at radius 2 is 1.86 bits per heavy atom. The summed E-state index contributed by atoms with van der Waals surface area (Å²) < 4.78 is 5.43. The summed E-state index contributed by atoms with van der Waals surface area (Å²) in [6.45, 7) is 4.72. The van der Waals surface area contributed by atoms with E-state index in [4.69, 9.17) is 4.74 Å². The number of nitrogens with one attached hydrogen (secondary N) is 1. The average Bonchev–Trinajstić information content (AvgIpc) is 2.82. The van der Waals surface area contributed by atoms with Crippen molar-refractivity contribution in [1.82, 2.24) is 4.98 Å². The molecule has 3 aromatic rings. The van der Waals surface area contributed by atoms with Gasteiger partial charge in [-0.05, 0) is 44.2 Å². The van der Waals surface area contributed by atoms with Crippen LogP contribution < -0.4 is 4.74 Å². The third-order valence-electron chi connectivity index (χ3n) is 3.43. The molecular formula is C18H18N2O. The Morgan fingerprint density at radius 3 is 2.62 bits per heavy atom. The minimum absolute atomic E-state index is 0.678. The molecule has 0 unspecified atom stereocenters. The minimum Gasteiger partial charge on any atom is -0.494 e. The van der Waals surface area contributed by atoms with Crippen molar-refractivity contribution in [3.8, 4) is 5.75 Å². The number of rotatable bonds is 4. The standard InChI is InChI=1S/C18H18N2O/c1-3-21-15-10-8-14(9-11-15)19-12-17-13(2)20-18-7-5-4-6-16(17)18/h4-12,20H,3H2,1-2H3. The summed E-state index contributed by atoms with van der Waals surface area (Å²) in [5, 5.41) is 1.20. The van der Waals surface area contributed by atoms with E-state index < -0.39 is 0 Å². The molecule has 21 heavy (non-hydrogen) atoms. The highest BCUT2D eigenvalue weighted by Gasteiger charge is 2.05. The van der Waals surface area contributed by atoms with E-state index in [0.717, 1.165) is 28.2 Å². The van der Waals surface area contributed by atoms with Gasteiger partial charge in [0, 0.05) is 28.4 Å². The lowest BCUT2D eigenvalue weighted by Gasteiger charge is -2.02. The molecule has 0 aliphatic rings. The summed E-state index contributed by atoms with van der Waals surface area (Å²) in [4.78, 5) is 7.94. The zero-order chi connectivity index (χ0) is 14.7. The zero-order valence-corrected chi connectivity index (χ0v) is 12.3. The lowest BCUT2D eigenvalue weighted by Crippen LogP contribution is -1.89. The zero-order valence-electron chi connectivity index (χ0n) is 12.3. The topological polar surface area (TPSA) is 37.4 Å². The molecule has 0 atom stereocenters. The third kappa shape index (κ3) is 2.82. The van der Waals surface area contributed by atoms with Crippen LogP contribution in [0.5, 0.6) is 5.75 Å². The largest absolute Gasteiger partial charge is 0.494 e. The summed E-state index contributed by atoms with van der Waals surface area (Å²) in [6.07, 6.45) is 1.92. The van der Waals surface area contributed by atoms with Gasteiger partial charge in [0.15, 0.2) is 0 Å². The number of aromatic amines is 1. The molecule has 3 rings (SSSR count). The second-order valence-electron chi connectivity index (χ2n) is 4.89. The first-order chi connectivity index (χ1) is 10.3. The number of aromatic nitrogens is 1. The minimum atomic E-state index is 0.678. The van der Waals surface area contributed by atoms with Crippen LogP contribution in [0, 0.1) is 6.92 Å². The Bertz CT molecular complexity index is 770. The van der Waals surface area contributed by atoms with Crippen molar-refractivity contribution >= 4 is 22.8 Å². The number of hydrogen-bond donors (Lipinski definition) is 1. The molecule has 0 saturated carbocycles. The average molecular weight is 278 g/mol. The number of fused-ring (bicyclic) bond motifs is 1. The predicted molar refractivity (Wildman–Crippen MR) is 87.9 cm³/mol. The van der Waals surface area contributed by atoms with Crippen LogP contribution in [0.25, 0.3) is 10.9 Å². The van der Waals surface area contributed by atoms with Gasteiger partial charge in [-0.3, -0.25) is 4.99 Å². The lowest BCUT2D eigenvalue weighted by molar-refractivity contribution is 0.340. The van der Waals surface area contributed by atoms with Gasteiger partial charge in [-0.2, -0.15) is 0 Å². The third-order valence-corrected chi connectivity index (χ3v) is 3.43. The molecule has 0 bridgehead atoms. The van der Waals surface area contributed by atoms with E-state index in [2.05, 4.69) is 29.0 Å². The van der Waals surface area contributed by atoms with E-state index in [0.29, 0.717) is 6.61 Å². The fraction of sp³-hybridized carbons (Fsp3) is 0.167. The lowest BCUT2D eigenvalue weighted by atomic mass is 10.1. The number of para-hydroxylation sites is 1. The van der Waals surface area contributed by atoms with E-state index >= 15 is 0 Å². The van der Waals surface area contributed by atoms with E-state index in [-0.39, 0.29) is 0 Å². The van der Waals surface area contributed by atoms with Crippen molar-refractivity contribution in [1.29, 1.82) is 0 Å². The number of ether oxygens (including phenoxy) is 1. The van der Waals surface area contributed by atoms with Crippen molar-refractivity contribution in [2.75, 3.05) is 6.61 Å². The van der Waals surface area contributed by atoms with Crippen molar-refractivity contribution in [3.63, 3.8) is 0 Å². The summed E-state index contributed by atoms with van der Waals surface area (Å²) in [6, 6.07) is 16.1. The number of benzene rings is 2. The quantitative estimate of drug-likeness (QED) is 0.694. The molecule has 1 aromatic heterocycles. The predicted octanol–water partition coefficient (Wildman–Crippen LogP) is 4.63. The first kappa shape index (κ1) is 13.4. The molecule has 2 aromatic carbocycles. The van der Waals surface area contributed by atoms with Crippen LogP contribution >= 0.6 is 0 Å². The molecule has 1 heterocycles. The Hall–Kier alpha value is -2.55. The second-order valence-corrected chi connectivity index (χ2v) is 4.89. The molecule has 0 radical (unpaired) electrons. The first-order valence-corrected chi connectivity index (χ1v) is 7.12. The highest BCUT2D eigenvalue weighted by molar-refractivity contribution is 6.01. The highest BCUT2D eigenvalue weighted by Crippen LogP contribution is 2.22. The Balaban J connectivity index is 1.89. The van der Waals surface area contributed by atoms with Gasteiger partial charge >= 0.3 is 0 Å². The summed E-state index contributed by atoms with van der Waals surface area (Å²) in [5.41, 5.74) is 4.33. The first-order valence-electron chi connectivity index (χ1n) is 7.12. The van der Waals surface area contributed by atoms with Crippen molar-refractivity contribution in [2.45, 2.75) is 13.8 Å². The molecule has 3 nitrogen and oxygen atoms in total. The van der Waals surface area contributed by atoms with Crippen LogP contribution in [0.15, 0.2) is 53.5 Å². The molecule has 0 fully saturated rings. The van der Waals surface area contributed by atoms with Gasteiger partial charge in [-0.25, -0.2) is 0 Å². The molecule has 1 N–H and O–H groups in total. The number of aliphatic imine (C=N–C) groups is 1. The normalized spacial score (nSPS) is 11.3. The smallest absolute Gasteiger partial charge is 0.119 e. The number of hydrogen-bond acceptors (Lipinski definition) is 2. The van der Waals surface area contributed by atoms with E-state index in [9.17, 15) is 0 Å². The molecule has 106 valence electrons. The van der Waals surface area contributed by atoms with Crippen molar-refractivity contribution < 1.29 is 4.74 Å². The maximum atomic E-state index is 5.43. The SMILES string of the molecule is CCOc1ccc(N=Cc2c(C)[nH]c3ccccc23)cc1. The molecule has 0 amide bonds. The molecule has 3 heteroatoms. The molecule has 0 spiro atoms. The fourth-order valence-electron chi connectivity index (χ4n) is 2.40. The fourth-order valence-corrected chi connectivity index (χ4v) is 2.40. The summed E-state index contributed by atoms with van der Waals surface area (Å²) in [7, 11) is 0. The Morgan fingerprint density at radius 1 is 1.10 bits per heavy atom. The van der Waals surface area contributed by atoms with E-state index in [1.165, 1.54) is 5.39 Å². The maximum absolute atomic E-state index is 5.43. The van der Waals surface area contributed by atoms with E-state index in [1.807, 2.05) is 49.5 Å². The van der Waals surface area contributed by atoms with Crippen molar-refractivity contribution in [3.05, 3.63) is 59.8 Å². The number of aryl methyl sites for hydroxylation is 1. The number of nitrogens with zero attached hydrogens (tertiary/aromatic N) is 1. The van der Waals surface area contributed by atoms with Crippen LogP contribution in [-0.2, 0) is 0 Å². The van der Waals surface area contributed by atoms with Gasteiger partial charge in [0.1, 0.15) is 5.75 Å². The molecule has 0 saturated heterocycles. The van der Waals surface area contributed by atoms with Gasteiger partial charge in [0.05, 0.1) is 12.3 Å².